The molecule has 0 amide bonds. The summed E-state index contributed by atoms with van der Waals surface area (Å²) in [6.45, 7) is 0.239. The lowest BCUT2D eigenvalue weighted by atomic mass is 10.8. The third-order valence-electron chi connectivity index (χ3n) is 0.624. The van der Waals surface area contributed by atoms with Crippen molar-refractivity contribution in [3.63, 3.8) is 0 Å². The molecule has 0 saturated carbocycles. The predicted octanol–water partition coefficient (Wildman–Crippen LogP) is 0.0797. The van der Waals surface area contributed by atoms with Crippen LogP contribution in [0.1, 0.15) is 0 Å². The normalized spacial score (nSPS) is 16.7. The highest BCUT2D eigenvalue weighted by molar-refractivity contribution is 8.67. The van der Waals surface area contributed by atoms with Crippen molar-refractivity contribution in [3.05, 3.63) is 0 Å². The van der Waals surface area contributed by atoms with Crippen LogP contribution in [0.3, 0.4) is 0 Å². The first-order chi connectivity index (χ1) is 4.62. The first-order valence-electron chi connectivity index (χ1n) is 2.53. The minimum Gasteiger partial charge on any atom is -0.395 e. The van der Waals surface area contributed by atoms with Crippen molar-refractivity contribution in [2.75, 3.05) is 19.4 Å². The Morgan fingerprint density at radius 3 is 2.80 bits per heavy atom. The number of aliphatic hydroxyl groups is 1. The molecule has 0 rings (SSSR count). The highest BCUT2D eigenvalue weighted by Gasteiger charge is 2.10. The van der Waals surface area contributed by atoms with Crippen molar-refractivity contribution >= 4 is 28.9 Å². The third-order valence-corrected chi connectivity index (χ3v) is 4.62. The Labute approximate surface area is 68.8 Å². The molecule has 0 aromatic heterocycles. The number of rotatable bonds is 5. The monoisotopic (exact) mass is 203 g/mol. The van der Waals surface area contributed by atoms with E-state index in [0.717, 1.165) is 11.4 Å². The van der Waals surface area contributed by atoms with E-state index in [-0.39, 0.29) is 13.2 Å². The maximum Gasteiger partial charge on any atom is 0.261 e. The number of hydroxylamine groups is 1. The smallest absolute Gasteiger partial charge is 0.261 e. The minimum absolute atomic E-state index is 0.0380. The van der Waals surface area contributed by atoms with Crippen molar-refractivity contribution in [2.24, 2.45) is 0 Å². The summed E-state index contributed by atoms with van der Waals surface area (Å²) in [5.74, 6) is 0. The van der Waals surface area contributed by atoms with Crippen LogP contribution >= 0.6 is 17.1 Å². The molecule has 0 spiro atoms. The molecule has 3 N–H and O–H groups in total. The van der Waals surface area contributed by atoms with E-state index >= 15 is 0 Å². The average molecular weight is 203 g/mol. The van der Waals surface area contributed by atoms with E-state index in [1.807, 2.05) is 0 Å². The second-order valence-electron chi connectivity index (χ2n) is 1.36. The van der Waals surface area contributed by atoms with Crippen molar-refractivity contribution in [3.8, 4) is 0 Å². The molecule has 0 aliphatic rings. The Hall–Kier alpha value is 0.840. The molecule has 0 radical (unpaired) electrons. The van der Waals surface area contributed by atoms with E-state index in [4.69, 9.17) is 10.00 Å². The van der Waals surface area contributed by atoms with Gasteiger partial charge in [0, 0.05) is 6.54 Å². The van der Waals surface area contributed by atoms with Gasteiger partial charge >= 0.3 is 0 Å². The largest absolute Gasteiger partial charge is 0.395 e. The van der Waals surface area contributed by atoms with Gasteiger partial charge in [-0.3, -0.25) is 0 Å². The highest BCUT2D eigenvalue weighted by atomic mass is 32.9. The molecule has 7 heteroatoms. The van der Waals surface area contributed by atoms with Crippen LogP contribution in [0, 0.1) is 0 Å². The van der Waals surface area contributed by atoms with Gasteiger partial charge in [0.15, 0.2) is 0 Å². The molecule has 1 unspecified atom stereocenters. The molecule has 0 aromatic carbocycles. The molecule has 0 fully saturated rings. The summed E-state index contributed by atoms with van der Waals surface area (Å²) >= 11 is 5.71. The number of aliphatic hydroxyl groups excluding tert-OH is 1. The van der Waals surface area contributed by atoms with E-state index in [9.17, 15) is 0 Å². The summed E-state index contributed by atoms with van der Waals surface area (Å²) in [5, 5.41) is 8.28. The number of hydrogen-bond acceptors (Lipinski definition) is 5. The maximum atomic E-state index is 9.07. The fraction of sp³-hybridized carbons (Fsp3) is 1.00. The van der Waals surface area contributed by atoms with Crippen LogP contribution in [0.15, 0.2) is 0 Å². The Balaban J connectivity index is 3.38. The molecular weight excluding hydrogens is 193 g/mol. The van der Waals surface area contributed by atoms with Crippen LogP contribution < -0.4 is 5.48 Å². The maximum absolute atomic E-state index is 9.07. The highest BCUT2D eigenvalue weighted by Crippen LogP contribution is 2.53. The SMILES string of the molecule is CSP(O)(=S)ONCCO. The zero-order valence-corrected chi connectivity index (χ0v) is 8.01. The zero-order chi connectivity index (χ0) is 8.04. The summed E-state index contributed by atoms with van der Waals surface area (Å²) < 4.78 is 4.65. The van der Waals surface area contributed by atoms with Gasteiger partial charge in [0.2, 0.25) is 0 Å². The Morgan fingerprint density at radius 1 is 1.80 bits per heavy atom. The average Bonchev–Trinajstić information content (AvgIpc) is 1.89. The summed E-state index contributed by atoms with van der Waals surface area (Å²) in [6, 6.07) is 0. The Kier molecular flexibility index (Phi) is 5.95. The van der Waals surface area contributed by atoms with E-state index in [1.165, 1.54) is 0 Å². The second kappa shape index (κ2) is 5.49. The molecule has 0 aliphatic heterocycles. The molecule has 4 nitrogen and oxygen atoms in total. The van der Waals surface area contributed by atoms with Crippen LogP contribution in [0.2, 0.25) is 0 Å². The van der Waals surface area contributed by atoms with Gasteiger partial charge in [-0.2, -0.15) is 5.48 Å². The van der Waals surface area contributed by atoms with E-state index in [1.54, 1.807) is 6.26 Å². The van der Waals surface area contributed by atoms with Crippen LogP contribution in [-0.2, 0) is 16.4 Å². The van der Waals surface area contributed by atoms with Crippen LogP contribution in [0.25, 0.3) is 0 Å². The summed E-state index contributed by atoms with van der Waals surface area (Å²) in [4.78, 5) is 9.07. The van der Waals surface area contributed by atoms with Crippen molar-refractivity contribution in [2.45, 2.75) is 0 Å². The molecule has 0 aromatic rings. The van der Waals surface area contributed by atoms with Gasteiger partial charge in [-0.25, -0.2) is 4.62 Å². The molecule has 0 aliphatic carbocycles. The molecule has 0 bridgehead atoms. The molecule has 62 valence electrons. The van der Waals surface area contributed by atoms with Gasteiger partial charge in [0.1, 0.15) is 0 Å². The van der Waals surface area contributed by atoms with Gasteiger partial charge in [-0.1, -0.05) is 11.4 Å². The molecule has 0 saturated heterocycles. The number of hydrogen-bond donors (Lipinski definition) is 3. The summed E-state index contributed by atoms with van der Waals surface area (Å²) in [6.07, 6.45) is 1.67. The fourth-order valence-corrected chi connectivity index (χ4v) is 1.08. The van der Waals surface area contributed by atoms with Crippen molar-refractivity contribution in [1.29, 1.82) is 0 Å². The topological polar surface area (TPSA) is 61.7 Å². The first kappa shape index (κ1) is 10.8. The van der Waals surface area contributed by atoms with E-state index < -0.39 is 5.69 Å². The Bertz CT molecular complexity index is 133. The van der Waals surface area contributed by atoms with Crippen LogP contribution in [-0.4, -0.2) is 29.4 Å². The third kappa shape index (κ3) is 5.61. The van der Waals surface area contributed by atoms with Gasteiger partial charge in [0.25, 0.3) is 5.69 Å². The second-order valence-corrected chi connectivity index (χ2v) is 7.60. The molecule has 10 heavy (non-hydrogen) atoms. The lowest BCUT2D eigenvalue weighted by Gasteiger charge is -2.11. The zero-order valence-electron chi connectivity index (χ0n) is 5.48. The quantitative estimate of drug-likeness (QED) is 0.334. The number of nitrogens with one attached hydrogen (secondary N) is 1. The lowest BCUT2D eigenvalue weighted by molar-refractivity contribution is 0.169. The molecular formula is C3H10NO3PS2. The van der Waals surface area contributed by atoms with Crippen LogP contribution in [0.5, 0.6) is 0 Å². The van der Waals surface area contributed by atoms with Gasteiger partial charge < -0.3 is 10.00 Å². The fourth-order valence-electron chi connectivity index (χ4n) is 0.210. The first-order valence-corrected chi connectivity index (χ1v) is 7.03. The lowest BCUT2D eigenvalue weighted by Crippen LogP contribution is -2.16. The Morgan fingerprint density at radius 2 is 2.40 bits per heavy atom. The molecule has 0 heterocycles. The summed E-state index contributed by atoms with van der Waals surface area (Å²) in [7, 11) is 0. The minimum atomic E-state index is -2.68. The predicted molar refractivity (Wildman–Crippen MR) is 46.2 cm³/mol. The van der Waals surface area contributed by atoms with Gasteiger partial charge in [-0.05, 0) is 18.1 Å². The van der Waals surface area contributed by atoms with Gasteiger partial charge in [0.05, 0.1) is 6.61 Å². The standard InChI is InChI=1S/C3H10NO3PS2/c1-10-8(6,9)7-4-2-3-5/h4-5H,2-3H2,1H3,(H,6,9). The van der Waals surface area contributed by atoms with Gasteiger partial charge in [-0.15, -0.1) is 0 Å². The van der Waals surface area contributed by atoms with Crippen LogP contribution in [0.4, 0.5) is 0 Å². The van der Waals surface area contributed by atoms with Crippen molar-refractivity contribution < 1.29 is 14.6 Å². The molecule has 1 atom stereocenters. The van der Waals surface area contributed by atoms with E-state index in [0.29, 0.717) is 0 Å². The van der Waals surface area contributed by atoms with E-state index in [2.05, 4.69) is 21.9 Å². The summed E-state index contributed by atoms with van der Waals surface area (Å²) in [5.41, 5.74) is -0.325. The van der Waals surface area contributed by atoms with Crippen molar-refractivity contribution in [1.82, 2.24) is 5.48 Å².